The highest BCUT2D eigenvalue weighted by molar-refractivity contribution is 5.96. The molecule has 1 saturated heterocycles. The molecule has 1 fully saturated rings. The summed E-state index contributed by atoms with van der Waals surface area (Å²) in [6, 6.07) is 26.2. The molecular formula is C28H33N3O2. The van der Waals surface area contributed by atoms with Gasteiger partial charge in [-0.2, -0.15) is 0 Å². The van der Waals surface area contributed by atoms with Crippen LogP contribution in [0.2, 0.25) is 0 Å². The molecule has 0 unspecified atom stereocenters. The molecule has 1 amide bonds. The number of carbonyl (C=O) groups excluding carboxylic acids is 1. The first-order chi connectivity index (χ1) is 16.1. The molecule has 5 nitrogen and oxygen atoms in total. The molecule has 0 spiro atoms. The van der Waals surface area contributed by atoms with Gasteiger partial charge in [0.25, 0.3) is 0 Å². The van der Waals surface area contributed by atoms with E-state index in [1.165, 1.54) is 5.56 Å². The Bertz CT molecular complexity index is 1030. The number of hydrogen-bond acceptors (Lipinski definition) is 4. The predicted molar refractivity (Wildman–Crippen MR) is 133 cm³/mol. The molecule has 0 bridgehead atoms. The predicted octanol–water partition coefficient (Wildman–Crippen LogP) is 4.94. The number of nitrogens with zero attached hydrogens (tertiary/aromatic N) is 1. The molecule has 1 aliphatic rings. The fourth-order valence-corrected chi connectivity index (χ4v) is 4.43. The molecule has 0 saturated carbocycles. The van der Waals surface area contributed by atoms with Gasteiger partial charge in [0, 0.05) is 12.6 Å². The van der Waals surface area contributed by atoms with Gasteiger partial charge in [0.2, 0.25) is 5.91 Å². The Balaban J connectivity index is 1.43. The van der Waals surface area contributed by atoms with Crippen LogP contribution in [0, 0.1) is 6.92 Å². The maximum atomic E-state index is 13.4. The van der Waals surface area contributed by atoms with Gasteiger partial charge in [-0.1, -0.05) is 66.7 Å². The van der Waals surface area contributed by atoms with Gasteiger partial charge in [-0.15, -0.1) is 0 Å². The van der Waals surface area contributed by atoms with Gasteiger partial charge in [0.1, 0.15) is 11.8 Å². The fraction of sp³-hybridized carbons (Fsp3) is 0.321. The molecule has 1 atom stereocenters. The van der Waals surface area contributed by atoms with Crippen LogP contribution in [0.3, 0.4) is 0 Å². The van der Waals surface area contributed by atoms with Crippen LogP contribution in [0.25, 0.3) is 0 Å². The number of methoxy groups -OCH3 is 1. The molecule has 0 aliphatic carbocycles. The van der Waals surface area contributed by atoms with Crippen LogP contribution >= 0.6 is 0 Å². The molecule has 1 heterocycles. The van der Waals surface area contributed by atoms with Crippen LogP contribution in [-0.4, -0.2) is 37.0 Å². The molecule has 172 valence electrons. The van der Waals surface area contributed by atoms with Gasteiger partial charge in [0.15, 0.2) is 0 Å². The largest absolute Gasteiger partial charge is 0.495 e. The standard InChI is InChI=1S/C28H33N3O2/c1-21-13-14-26(33-2)25(19-21)30-28(32)27(23-11-7-4-8-12-23)29-24-15-17-31(18-16-24)20-22-9-5-3-6-10-22/h3-14,19,24,27,29H,15-18,20H2,1-2H3,(H,30,32)/t27-/m1/s1. The lowest BCUT2D eigenvalue weighted by atomic mass is 9.99. The van der Waals surface area contributed by atoms with Gasteiger partial charge >= 0.3 is 0 Å². The number of ether oxygens (including phenoxy) is 1. The molecule has 0 aromatic heterocycles. The zero-order valence-corrected chi connectivity index (χ0v) is 19.5. The maximum absolute atomic E-state index is 13.4. The second-order valence-electron chi connectivity index (χ2n) is 8.74. The maximum Gasteiger partial charge on any atom is 0.246 e. The summed E-state index contributed by atoms with van der Waals surface area (Å²) in [5.74, 6) is 0.590. The lowest BCUT2D eigenvalue weighted by Crippen LogP contribution is -2.46. The van der Waals surface area contributed by atoms with E-state index in [9.17, 15) is 4.79 Å². The summed E-state index contributed by atoms with van der Waals surface area (Å²) in [6.07, 6.45) is 2.02. The summed E-state index contributed by atoms with van der Waals surface area (Å²) in [5.41, 5.74) is 4.08. The minimum absolute atomic E-state index is 0.0724. The average molecular weight is 444 g/mol. The summed E-state index contributed by atoms with van der Waals surface area (Å²) in [5, 5.41) is 6.74. The molecule has 1 aliphatic heterocycles. The van der Waals surface area contributed by atoms with Crippen molar-refractivity contribution in [1.29, 1.82) is 0 Å². The highest BCUT2D eigenvalue weighted by atomic mass is 16.5. The first kappa shape index (κ1) is 23.0. The quantitative estimate of drug-likeness (QED) is 0.518. The van der Waals surface area contributed by atoms with Crippen molar-refractivity contribution in [3.05, 3.63) is 95.6 Å². The second kappa shape index (κ2) is 11.1. The summed E-state index contributed by atoms with van der Waals surface area (Å²) in [6.45, 7) is 5.01. The minimum Gasteiger partial charge on any atom is -0.495 e. The lowest BCUT2D eigenvalue weighted by molar-refractivity contribution is -0.118. The number of amides is 1. The van der Waals surface area contributed by atoms with Gasteiger partial charge in [-0.25, -0.2) is 0 Å². The van der Waals surface area contributed by atoms with Crippen LogP contribution in [0.15, 0.2) is 78.9 Å². The van der Waals surface area contributed by atoms with Crippen LogP contribution in [0.1, 0.15) is 35.6 Å². The van der Waals surface area contributed by atoms with E-state index in [1.807, 2.05) is 55.5 Å². The number of hydrogen-bond donors (Lipinski definition) is 2. The van der Waals surface area contributed by atoms with Crippen molar-refractivity contribution in [3.8, 4) is 5.75 Å². The monoisotopic (exact) mass is 443 g/mol. The Kier molecular flexibility index (Phi) is 7.76. The molecular weight excluding hydrogens is 410 g/mol. The molecule has 0 radical (unpaired) electrons. The van der Waals surface area contributed by atoms with Crippen molar-refractivity contribution in [2.75, 3.05) is 25.5 Å². The van der Waals surface area contributed by atoms with E-state index in [0.29, 0.717) is 11.4 Å². The van der Waals surface area contributed by atoms with Crippen LogP contribution in [0.4, 0.5) is 5.69 Å². The van der Waals surface area contributed by atoms with Crippen molar-refractivity contribution >= 4 is 11.6 Å². The third-order valence-corrected chi connectivity index (χ3v) is 6.25. The van der Waals surface area contributed by atoms with E-state index in [-0.39, 0.29) is 11.9 Å². The number of nitrogens with one attached hydrogen (secondary N) is 2. The highest BCUT2D eigenvalue weighted by Gasteiger charge is 2.27. The van der Waals surface area contributed by atoms with Crippen molar-refractivity contribution in [2.24, 2.45) is 0 Å². The van der Waals surface area contributed by atoms with E-state index in [0.717, 1.165) is 43.6 Å². The van der Waals surface area contributed by atoms with Gasteiger partial charge in [-0.3, -0.25) is 15.0 Å². The van der Waals surface area contributed by atoms with E-state index in [4.69, 9.17) is 4.74 Å². The number of anilines is 1. The number of piperidine rings is 1. The Morgan fingerprint density at radius 1 is 1.00 bits per heavy atom. The van der Waals surface area contributed by atoms with Crippen molar-refractivity contribution < 1.29 is 9.53 Å². The van der Waals surface area contributed by atoms with Gasteiger partial charge in [-0.05, 0) is 61.7 Å². The van der Waals surface area contributed by atoms with Gasteiger partial charge in [0.05, 0.1) is 12.8 Å². The van der Waals surface area contributed by atoms with E-state index >= 15 is 0 Å². The lowest BCUT2D eigenvalue weighted by Gasteiger charge is -2.34. The van der Waals surface area contributed by atoms with E-state index < -0.39 is 6.04 Å². The number of rotatable bonds is 8. The third-order valence-electron chi connectivity index (χ3n) is 6.25. The first-order valence-electron chi connectivity index (χ1n) is 11.6. The second-order valence-corrected chi connectivity index (χ2v) is 8.74. The highest BCUT2D eigenvalue weighted by Crippen LogP contribution is 2.27. The number of likely N-dealkylation sites (tertiary alicyclic amines) is 1. The first-order valence-corrected chi connectivity index (χ1v) is 11.6. The van der Waals surface area contributed by atoms with Crippen LogP contribution in [-0.2, 0) is 11.3 Å². The Morgan fingerprint density at radius 2 is 1.67 bits per heavy atom. The number of aryl methyl sites for hydroxylation is 1. The van der Waals surface area contributed by atoms with Gasteiger partial charge < -0.3 is 10.1 Å². The normalized spacial score (nSPS) is 15.7. The zero-order chi connectivity index (χ0) is 23.0. The molecule has 3 aromatic rings. The molecule has 2 N–H and O–H groups in total. The summed E-state index contributed by atoms with van der Waals surface area (Å²) < 4.78 is 5.46. The Hall–Kier alpha value is -3.15. The van der Waals surface area contributed by atoms with Crippen LogP contribution in [0.5, 0.6) is 5.75 Å². The smallest absolute Gasteiger partial charge is 0.246 e. The summed E-state index contributed by atoms with van der Waals surface area (Å²) >= 11 is 0. The number of carbonyl (C=O) groups is 1. The topological polar surface area (TPSA) is 53.6 Å². The number of benzene rings is 3. The molecule has 33 heavy (non-hydrogen) atoms. The van der Waals surface area contributed by atoms with Crippen molar-refractivity contribution in [2.45, 2.75) is 38.4 Å². The van der Waals surface area contributed by atoms with Crippen LogP contribution < -0.4 is 15.4 Å². The van der Waals surface area contributed by atoms with E-state index in [2.05, 4.69) is 45.9 Å². The fourth-order valence-electron chi connectivity index (χ4n) is 4.43. The van der Waals surface area contributed by atoms with E-state index in [1.54, 1.807) is 7.11 Å². The summed E-state index contributed by atoms with van der Waals surface area (Å²) in [4.78, 5) is 15.9. The third kappa shape index (κ3) is 6.21. The Labute approximate surface area is 196 Å². The minimum atomic E-state index is -0.429. The SMILES string of the molecule is COc1ccc(C)cc1NC(=O)[C@H](NC1CCN(Cc2ccccc2)CC1)c1ccccc1. The zero-order valence-electron chi connectivity index (χ0n) is 19.5. The van der Waals surface area contributed by atoms with Crippen molar-refractivity contribution in [1.82, 2.24) is 10.2 Å². The molecule has 4 rings (SSSR count). The Morgan fingerprint density at radius 3 is 2.33 bits per heavy atom. The molecule has 5 heteroatoms. The summed E-state index contributed by atoms with van der Waals surface area (Å²) in [7, 11) is 1.62. The average Bonchev–Trinajstić information content (AvgIpc) is 2.85. The van der Waals surface area contributed by atoms with Crippen molar-refractivity contribution in [3.63, 3.8) is 0 Å². The molecule has 3 aromatic carbocycles.